The number of phenolic OH excluding ortho intramolecular Hbond substituents is 1. The summed E-state index contributed by atoms with van der Waals surface area (Å²) in [7, 11) is 0. The zero-order valence-electron chi connectivity index (χ0n) is 16.0. The van der Waals surface area contributed by atoms with Gasteiger partial charge in [-0.3, -0.25) is 4.79 Å². The summed E-state index contributed by atoms with van der Waals surface area (Å²) in [6, 6.07) is 10.2. The zero-order chi connectivity index (χ0) is 20.9. The van der Waals surface area contributed by atoms with Crippen molar-refractivity contribution in [3.05, 3.63) is 58.3 Å². The quantitative estimate of drug-likeness (QED) is 0.540. The maximum atomic E-state index is 13.3. The van der Waals surface area contributed by atoms with Crippen LogP contribution < -0.4 is 4.74 Å². The number of aromatic nitrogens is 1. The van der Waals surface area contributed by atoms with Crippen molar-refractivity contribution in [1.82, 2.24) is 4.98 Å². The minimum atomic E-state index is -0.988. The van der Waals surface area contributed by atoms with Gasteiger partial charge in [0.25, 0.3) is 0 Å². The molecular formula is C22H20N2O5. The number of carbonyl (C=O) groups is 1. The van der Waals surface area contributed by atoms with Gasteiger partial charge < -0.3 is 25.0 Å². The second-order valence-electron chi connectivity index (χ2n) is 7.68. The lowest BCUT2D eigenvalue weighted by Crippen LogP contribution is -2.30. The molecule has 148 valence electrons. The molecule has 4 rings (SSSR count). The van der Waals surface area contributed by atoms with E-state index in [1.54, 1.807) is 24.3 Å². The van der Waals surface area contributed by atoms with Gasteiger partial charge in [0.1, 0.15) is 24.5 Å². The van der Waals surface area contributed by atoms with Gasteiger partial charge in [-0.25, -0.2) is 0 Å². The highest BCUT2D eigenvalue weighted by Gasteiger charge is 2.40. The average Bonchev–Trinajstić information content (AvgIpc) is 3.12. The molecule has 0 saturated carbocycles. The molecule has 1 heterocycles. The Morgan fingerprint density at radius 3 is 2.72 bits per heavy atom. The van der Waals surface area contributed by atoms with Crippen molar-refractivity contribution in [3.8, 4) is 17.6 Å². The van der Waals surface area contributed by atoms with Crippen LogP contribution in [0.5, 0.6) is 11.5 Å². The van der Waals surface area contributed by atoms with E-state index in [0.717, 1.165) is 5.56 Å². The number of ether oxygens (including phenoxy) is 1. The maximum absolute atomic E-state index is 13.3. The second-order valence-corrected chi connectivity index (χ2v) is 7.68. The number of aromatic hydroxyl groups is 1. The summed E-state index contributed by atoms with van der Waals surface area (Å²) < 4.78 is 5.54. The number of phenols is 1. The second kappa shape index (κ2) is 6.62. The summed E-state index contributed by atoms with van der Waals surface area (Å²) in [5, 5.41) is 38.6. The van der Waals surface area contributed by atoms with Gasteiger partial charge in [0.05, 0.1) is 23.3 Å². The highest BCUT2D eigenvalue weighted by Crippen LogP contribution is 2.46. The molecule has 0 saturated heterocycles. The van der Waals surface area contributed by atoms with Crippen molar-refractivity contribution < 1.29 is 24.9 Å². The Morgan fingerprint density at radius 2 is 2.03 bits per heavy atom. The standard InChI is InChI=1S/C22H20N2O5/c1-22(2)16-7-13(29-10-12(26)9-25)4-6-14(16)20(28)17-15-5-3-11(8-23)19(27)18(15)24-21(17)22/h3-7,12,24-27H,9-10H2,1-2H3/t12-/m1/s1. The molecule has 7 heteroatoms. The number of aliphatic hydroxyl groups is 2. The normalized spacial score (nSPS) is 15.5. The van der Waals surface area contributed by atoms with Crippen LogP contribution in [0.3, 0.4) is 0 Å². The van der Waals surface area contributed by atoms with Crippen molar-refractivity contribution >= 4 is 16.7 Å². The number of ketones is 1. The third-order valence-corrected chi connectivity index (χ3v) is 5.48. The summed E-state index contributed by atoms with van der Waals surface area (Å²) >= 11 is 0. The van der Waals surface area contributed by atoms with Crippen LogP contribution in [0.4, 0.5) is 0 Å². The Balaban J connectivity index is 1.87. The van der Waals surface area contributed by atoms with Crippen molar-refractivity contribution in [1.29, 1.82) is 5.26 Å². The number of nitrogens with zero attached hydrogens (tertiary/aromatic N) is 1. The van der Waals surface area contributed by atoms with E-state index >= 15 is 0 Å². The average molecular weight is 392 g/mol. The summed E-state index contributed by atoms with van der Waals surface area (Å²) in [5.74, 6) is 0.131. The van der Waals surface area contributed by atoms with Gasteiger partial charge in [0, 0.05) is 22.1 Å². The molecule has 1 atom stereocenters. The highest BCUT2D eigenvalue weighted by molar-refractivity contribution is 6.20. The van der Waals surface area contributed by atoms with E-state index in [4.69, 9.17) is 9.84 Å². The van der Waals surface area contributed by atoms with E-state index in [9.17, 15) is 20.3 Å². The van der Waals surface area contributed by atoms with Crippen LogP contribution in [0.2, 0.25) is 0 Å². The van der Waals surface area contributed by atoms with E-state index in [1.807, 2.05) is 19.9 Å². The van der Waals surface area contributed by atoms with Crippen molar-refractivity contribution in [3.63, 3.8) is 0 Å². The number of aliphatic hydroxyl groups excluding tert-OH is 2. The Hall–Kier alpha value is -3.34. The molecule has 7 nitrogen and oxygen atoms in total. The fourth-order valence-electron chi connectivity index (χ4n) is 3.89. The summed E-state index contributed by atoms with van der Waals surface area (Å²) in [6.07, 6.45) is -0.988. The van der Waals surface area contributed by atoms with Crippen molar-refractivity contribution in [2.45, 2.75) is 25.4 Å². The molecule has 4 N–H and O–H groups in total. The minimum Gasteiger partial charge on any atom is -0.504 e. The molecule has 0 unspecified atom stereocenters. The summed E-state index contributed by atoms with van der Waals surface area (Å²) in [4.78, 5) is 16.4. The van der Waals surface area contributed by atoms with Crippen LogP contribution in [0, 0.1) is 11.3 Å². The predicted octanol–water partition coefficient (Wildman–Crippen LogP) is 2.35. The van der Waals surface area contributed by atoms with Crippen LogP contribution in [0.25, 0.3) is 10.9 Å². The van der Waals surface area contributed by atoms with Crippen LogP contribution >= 0.6 is 0 Å². The minimum absolute atomic E-state index is 0.0634. The van der Waals surface area contributed by atoms with Crippen LogP contribution in [-0.4, -0.2) is 45.4 Å². The van der Waals surface area contributed by atoms with E-state index in [0.29, 0.717) is 33.5 Å². The van der Waals surface area contributed by atoms with Crippen LogP contribution in [-0.2, 0) is 5.41 Å². The third-order valence-electron chi connectivity index (χ3n) is 5.48. The van der Waals surface area contributed by atoms with Gasteiger partial charge in [0.15, 0.2) is 11.5 Å². The number of fused-ring (bicyclic) bond motifs is 4. The molecular weight excluding hydrogens is 372 g/mol. The number of carbonyl (C=O) groups excluding carboxylic acids is 1. The zero-order valence-corrected chi connectivity index (χ0v) is 16.0. The highest BCUT2D eigenvalue weighted by atomic mass is 16.5. The number of nitriles is 1. The van der Waals surface area contributed by atoms with Gasteiger partial charge in [-0.15, -0.1) is 0 Å². The smallest absolute Gasteiger partial charge is 0.195 e. The maximum Gasteiger partial charge on any atom is 0.195 e. The lowest BCUT2D eigenvalue weighted by atomic mass is 9.71. The SMILES string of the molecule is CC1(C)c2cc(OC[C@H](O)CO)ccc2C(=O)c2c1[nH]c1c(O)c(C#N)ccc21. The number of hydrogen-bond donors (Lipinski definition) is 4. The predicted molar refractivity (Wildman–Crippen MR) is 105 cm³/mol. The number of hydrogen-bond acceptors (Lipinski definition) is 6. The molecule has 0 amide bonds. The molecule has 0 aliphatic heterocycles. The molecule has 3 aromatic rings. The molecule has 0 fully saturated rings. The van der Waals surface area contributed by atoms with Crippen molar-refractivity contribution in [2.75, 3.05) is 13.2 Å². The van der Waals surface area contributed by atoms with Gasteiger partial charge in [-0.2, -0.15) is 5.26 Å². The molecule has 2 aromatic carbocycles. The van der Waals surface area contributed by atoms with E-state index in [1.165, 1.54) is 6.07 Å². The van der Waals surface area contributed by atoms with Crippen LogP contribution in [0.1, 0.15) is 46.6 Å². The lowest BCUT2D eigenvalue weighted by Gasteiger charge is -2.32. The molecule has 29 heavy (non-hydrogen) atoms. The summed E-state index contributed by atoms with van der Waals surface area (Å²) in [6.45, 7) is 3.45. The Kier molecular flexibility index (Phi) is 4.34. The molecule has 0 radical (unpaired) electrons. The van der Waals surface area contributed by atoms with Gasteiger partial charge >= 0.3 is 0 Å². The van der Waals surface area contributed by atoms with Gasteiger partial charge in [-0.05, 0) is 29.8 Å². The van der Waals surface area contributed by atoms with Gasteiger partial charge in [-0.1, -0.05) is 19.9 Å². The number of benzene rings is 2. The molecule has 1 aromatic heterocycles. The number of rotatable bonds is 4. The number of nitrogens with one attached hydrogen (secondary N) is 1. The Morgan fingerprint density at radius 1 is 1.28 bits per heavy atom. The fourth-order valence-corrected chi connectivity index (χ4v) is 3.89. The van der Waals surface area contributed by atoms with Crippen molar-refractivity contribution in [2.24, 2.45) is 0 Å². The topological polar surface area (TPSA) is 127 Å². The fraction of sp³-hybridized carbons (Fsp3) is 0.273. The van der Waals surface area contributed by atoms with E-state index in [2.05, 4.69) is 4.98 Å². The molecule has 1 aliphatic carbocycles. The van der Waals surface area contributed by atoms with Crippen LogP contribution in [0.15, 0.2) is 30.3 Å². The lowest BCUT2D eigenvalue weighted by molar-refractivity contribution is 0.0535. The molecule has 1 aliphatic rings. The first-order valence-electron chi connectivity index (χ1n) is 9.18. The van der Waals surface area contributed by atoms with E-state index in [-0.39, 0.29) is 23.7 Å². The van der Waals surface area contributed by atoms with E-state index < -0.39 is 18.1 Å². The Bertz CT molecular complexity index is 1190. The molecule has 0 spiro atoms. The largest absolute Gasteiger partial charge is 0.504 e. The van der Waals surface area contributed by atoms with Gasteiger partial charge in [0.2, 0.25) is 0 Å². The monoisotopic (exact) mass is 392 g/mol. The first-order valence-corrected chi connectivity index (χ1v) is 9.18. The first-order chi connectivity index (χ1) is 13.8. The number of H-pyrrole nitrogens is 1. The molecule has 0 bridgehead atoms. The number of aromatic amines is 1. The Labute approximate surface area is 166 Å². The first kappa shape index (κ1) is 19.0. The summed E-state index contributed by atoms with van der Waals surface area (Å²) in [5.41, 5.74) is 2.32. The third kappa shape index (κ3) is 2.77.